The first-order chi connectivity index (χ1) is 10.6. The van der Waals surface area contributed by atoms with Gasteiger partial charge in [-0.1, -0.05) is 18.2 Å². The third kappa shape index (κ3) is 2.66. The lowest BCUT2D eigenvalue weighted by molar-refractivity contribution is 0.0718. The van der Waals surface area contributed by atoms with E-state index in [9.17, 15) is 8.42 Å². The predicted molar refractivity (Wildman–Crippen MR) is 78.6 cm³/mol. The summed E-state index contributed by atoms with van der Waals surface area (Å²) in [4.78, 5) is 4.27. The molecular formula is C15H13N3O3S. The lowest BCUT2D eigenvalue weighted by Crippen LogP contribution is -2.56. The van der Waals surface area contributed by atoms with Gasteiger partial charge in [0.05, 0.1) is 18.0 Å². The van der Waals surface area contributed by atoms with Gasteiger partial charge in [-0.05, 0) is 24.3 Å². The molecule has 0 saturated carbocycles. The van der Waals surface area contributed by atoms with Gasteiger partial charge < -0.3 is 4.74 Å². The molecule has 0 bridgehead atoms. The Bertz CT molecular complexity index is 809. The summed E-state index contributed by atoms with van der Waals surface area (Å²) in [5.74, 6) is 0.242. The van der Waals surface area contributed by atoms with Crippen LogP contribution in [0.4, 0.5) is 0 Å². The molecule has 2 heterocycles. The fourth-order valence-corrected chi connectivity index (χ4v) is 3.67. The zero-order valence-corrected chi connectivity index (χ0v) is 12.4. The zero-order valence-electron chi connectivity index (χ0n) is 11.6. The Morgan fingerprint density at radius 1 is 1.18 bits per heavy atom. The van der Waals surface area contributed by atoms with Crippen molar-refractivity contribution in [1.29, 1.82) is 5.26 Å². The first-order valence-corrected chi connectivity index (χ1v) is 8.12. The minimum absolute atomic E-state index is 0.242. The van der Waals surface area contributed by atoms with Gasteiger partial charge in [0.15, 0.2) is 0 Å². The van der Waals surface area contributed by atoms with Gasteiger partial charge in [-0.25, -0.2) is 13.4 Å². The maximum atomic E-state index is 12.3. The van der Waals surface area contributed by atoms with Gasteiger partial charge in [0.25, 0.3) is 0 Å². The highest BCUT2D eigenvalue weighted by molar-refractivity contribution is 7.89. The van der Waals surface area contributed by atoms with E-state index in [1.54, 1.807) is 42.5 Å². The second kappa shape index (κ2) is 5.75. The Morgan fingerprint density at radius 3 is 2.59 bits per heavy atom. The Morgan fingerprint density at radius 2 is 1.91 bits per heavy atom. The molecule has 3 rings (SSSR count). The average molecular weight is 315 g/mol. The summed E-state index contributed by atoms with van der Waals surface area (Å²) in [7, 11) is -3.48. The lowest BCUT2D eigenvalue weighted by atomic mass is 10.2. The molecule has 1 aromatic heterocycles. The summed E-state index contributed by atoms with van der Waals surface area (Å²) in [6.07, 6.45) is 1.24. The highest BCUT2D eigenvalue weighted by atomic mass is 32.2. The van der Waals surface area contributed by atoms with E-state index in [-0.39, 0.29) is 30.0 Å². The summed E-state index contributed by atoms with van der Waals surface area (Å²) in [5, 5.41) is 8.98. The molecule has 1 aromatic carbocycles. The van der Waals surface area contributed by atoms with Gasteiger partial charge in [0, 0.05) is 6.20 Å². The fraction of sp³-hybridized carbons (Fsp3) is 0.200. The quantitative estimate of drug-likeness (QED) is 0.851. The Kier molecular flexibility index (Phi) is 3.79. The van der Waals surface area contributed by atoms with Crippen LogP contribution in [0.2, 0.25) is 0 Å². The van der Waals surface area contributed by atoms with Gasteiger partial charge in [-0.2, -0.15) is 9.57 Å². The predicted octanol–water partition coefficient (Wildman–Crippen LogP) is 1.41. The molecule has 0 spiro atoms. The monoisotopic (exact) mass is 315 g/mol. The van der Waals surface area contributed by atoms with Gasteiger partial charge in [0.1, 0.15) is 17.7 Å². The third-order valence-corrected chi connectivity index (χ3v) is 5.21. The average Bonchev–Trinajstić information content (AvgIpc) is 2.51. The van der Waals surface area contributed by atoms with Crippen LogP contribution in [0, 0.1) is 11.3 Å². The smallest absolute Gasteiger partial charge is 0.243 e. The van der Waals surface area contributed by atoms with Crippen LogP contribution in [0.15, 0.2) is 53.6 Å². The van der Waals surface area contributed by atoms with E-state index in [4.69, 9.17) is 10.00 Å². The number of ether oxygens (including phenoxy) is 1. The van der Waals surface area contributed by atoms with Crippen LogP contribution in [0.25, 0.3) is 0 Å². The second-order valence-corrected chi connectivity index (χ2v) is 6.78. The van der Waals surface area contributed by atoms with Crippen molar-refractivity contribution in [3.05, 3.63) is 54.2 Å². The largest absolute Gasteiger partial charge is 0.471 e. The van der Waals surface area contributed by atoms with E-state index in [0.717, 1.165) is 0 Å². The topological polar surface area (TPSA) is 83.3 Å². The second-order valence-electron chi connectivity index (χ2n) is 4.84. The van der Waals surface area contributed by atoms with Gasteiger partial charge in [0.2, 0.25) is 15.9 Å². The van der Waals surface area contributed by atoms with Crippen LogP contribution in [0.3, 0.4) is 0 Å². The van der Waals surface area contributed by atoms with Crippen molar-refractivity contribution in [3.63, 3.8) is 0 Å². The van der Waals surface area contributed by atoms with Crippen LogP contribution in [-0.2, 0) is 10.0 Å². The van der Waals surface area contributed by atoms with Crippen LogP contribution < -0.4 is 4.74 Å². The number of sulfonamides is 1. The van der Waals surface area contributed by atoms with Crippen molar-refractivity contribution in [3.8, 4) is 11.9 Å². The molecule has 112 valence electrons. The summed E-state index contributed by atoms with van der Waals surface area (Å²) < 4.78 is 31.6. The number of nitriles is 1. The number of hydrogen-bond donors (Lipinski definition) is 0. The van der Waals surface area contributed by atoms with E-state index in [0.29, 0.717) is 5.56 Å². The van der Waals surface area contributed by atoms with E-state index in [2.05, 4.69) is 4.98 Å². The molecular weight excluding hydrogens is 302 g/mol. The third-order valence-electron chi connectivity index (χ3n) is 3.37. The van der Waals surface area contributed by atoms with Gasteiger partial charge in [-0.15, -0.1) is 0 Å². The number of nitrogens with zero attached hydrogens (tertiary/aromatic N) is 3. The summed E-state index contributed by atoms with van der Waals surface area (Å²) in [5.41, 5.74) is 0.340. The molecule has 7 heteroatoms. The Labute approximate surface area is 128 Å². The van der Waals surface area contributed by atoms with Crippen molar-refractivity contribution in [2.24, 2.45) is 0 Å². The van der Waals surface area contributed by atoms with E-state index < -0.39 is 10.0 Å². The molecule has 0 N–H and O–H groups in total. The number of pyridine rings is 1. The molecule has 1 saturated heterocycles. The molecule has 6 nitrogen and oxygen atoms in total. The van der Waals surface area contributed by atoms with Crippen molar-refractivity contribution < 1.29 is 13.2 Å². The number of rotatable bonds is 4. The normalized spacial score (nSPS) is 15.8. The number of hydrogen-bond acceptors (Lipinski definition) is 5. The van der Waals surface area contributed by atoms with E-state index in [1.165, 1.54) is 10.5 Å². The Balaban J connectivity index is 1.67. The number of benzene rings is 1. The fourth-order valence-electron chi connectivity index (χ4n) is 2.14. The maximum absolute atomic E-state index is 12.3. The molecule has 0 amide bonds. The minimum atomic E-state index is -3.48. The van der Waals surface area contributed by atoms with Crippen molar-refractivity contribution in [2.75, 3.05) is 13.1 Å². The van der Waals surface area contributed by atoms with Crippen LogP contribution in [-0.4, -0.2) is 36.9 Å². The molecule has 1 aliphatic heterocycles. The molecule has 0 radical (unpaired) electrons. The van der Waals surface area contributed by atoms with Crippen molar-refractivity contribution >= 4 is 10.0 Å². The first kappa shape index (κ1) is 14.5. The lowest BCUT2D eigenvalue weighted by Gasteiger charge is -2.37. The van der Waals surface area contributed by atoms with Crippen LogP contribution >= 0.6 is 0 Å². The molecule has 1 aliphatic rings. The number of aromatic nitrogens is 1. The van der Waals surface area contributed by atoms with E-state index in [1.807, 2.05) is 6.07 Å². The summed E-state index contributed by atoms with van der Waals surface area (Å²) in [6.45, 7) is 0.497. The first-order valence-electron chi connectivity index (χ1n) is 6.68. The molecule has 22 heavy (non-hydrogen) atoms. The molecule has 0 unspecified atom stereocenters. The van der Waals surface area contributed by atoms with Gasteiger partial charge in [-0.3, -0.25) is 0 Å². The maximum Gasteiger partial charge on any atom is 0.243 e. The summed E-state index contributed by atoms with van der Waals surface area (Å²) in [6, 6.07) is 13.5. The minimum Gasteiger partial charge on any atom is -0.471 e. The highest BCUT2D eigenvalue weighted by Gasteiger charge is 2.38. The SMILES string of the molecule is N#Cc1cccnc1OC1CN(S(=O)(=O)c2ccccc2)C1. The van der Waals surface area contributed by atoms with E-state index >= 15 is 0 Å². The zero-order chi connectivity index (χ0) is 15.6. The van der Waals surface area contributed by atoms with Crippen LogP contribution in [0.5, 0.6) is 5.88 Å². The van der Waals surface area contributed by atoms with Crippen LogP contribution in [0.1, 0.15) is 5.56 Å². The van der Waals surface area contributed by atoms with Crippen molar-refractivity contribution in [2.45, 2.75) is 11.0 Å². The molecule has 1 fully saturated rings. The molecule has 0 aliphatic carbocycles. The van der Waals surface area contributed by atoms with Gasteiger partial charge >= 0.3 is 0 Å². The summed E-state index contributed by atoms with van der Waals surface area (Å²) >= 11 is 0. The van der Waals surface area contributed by atoms with Crippen molar-refractivity contribution in [1.82, 2.24) is 9.29 Å². The Hall–Kier alpha value is -2.43. The highest BCUT2D eigenvalue weighted by Crippen LogP contribution is 2.24. The molecule has 0 atom stereocenters. The molecule has 2 aromatic rings. The standard InChI is InChI=1S/C15H13N3O3S/c16-9-12-5-4-8-17-15(12)21-13-10-18(11-13)22(19,20)14-6-2-1-3-7-14/h1-8,13H,10-11H2.